The maximum atomic E-state index is 6.26. The van der Waals surface area contributed by atoms with Gasteiger partial charge in [0, 0.05) is 62.7 Å². The Morgan fingerprint density at radius 3 is 1.81 bits per heavy atom. The minimum Gasteiger partial charge on any atom is -0.492 e. The van der Waals surface area contributed by atoms with Gasteiger partial charge >= 0.3 is 0 Å². The zero-order valence-corrected chi connectivity index (χ0v) is 36.2. The van der Waals surface area contributed by atoms with Gasteiger partial charge in [-0.2, -0.15) is 0 Å². The Kier molecular flexibility index (Phi) is 20.1. The number of aromatic nitrogens is 1. The molecular weight excluding hydrogens is 663 g/mol. The Labute approximate surface area is 326 Å². The molecule has 0 spiro atoms. The predicted octanol–water partition coefficient (Wildman–Crippen LogP) is 9.91. The summed E-state index contributed by atoms with van der Waals surface area (Å²) < 4.78 is 29.5. The fourth-order valence-electron chi connectivity index (χ4n) is 7.34. The average molecular weight is 746 g/mol. The SMILES string of the molecule is CC(C)(C)OCCCCCOCCCCCC1CCN(C(C)(C)CCC(C)(C)N2CC(OCCCc3ccc(OCCCOC(C)(C)C)cn3)C2)CC1. The summed E-state index contributed by atoms with van der Waals surface area (Å²) in [5.74, 6) is 1.73. The fourth-order valence-corrected chi connectivity index (χ4v) is 7.34. The lowest BCUT2D eigenvalue weighted by atomic mass is 9.83. The summed E-state index contributed by atoms with van der Waals surface area (Å²) in [6, 6.07) is 4.10. The number of rotatable bonds is 27. The average Bonchev–Trinajstić information content (AvgIpc) is 3.06. The molecule has 0 saturated carbocycles. The van der Waals surface area contributed by atoms with Gasteiger partial charge in [-0.15, -0.1) is 0 Å². The predicted molar refractivity (Wildman–Crippen MR) is 220 cm³/mol. The molecule has 0 radical (unpaired) electrons. The summed E-state index contributed by atoms with van der Waals surface area (Å²) in [6.07, 6.45) is 18.9. The molecule has 2 aliphatic heterocycles. The maximum absolute atomic E-state index is 6.26. The molecule has 1 aromatic heterocycles. The molecule has 0 bridgehead atoms. The number of ether oxygens (including phenoxy) is 5. The van der Waals surface area contributed by atoms with Crippen LogP contribution in [0.2, 0.25) is 0 Å². The van der Waals surface area contributed by atoms with E-state index in [9.17, 15) is 0 Å². The highest BCUT2D eigenvalue weighted by Gasteiger charge is 2.39. The highest BCUT2D eigenvalue weighted by atomic mass is 16.5. The first-order valence-corrected chi connectivity index (χ1v) is 21.6. The molecule has 53 heavy (non-hydrogen) atoms. The molecule has 8 heteroatoms. The van der Waals surface area contributed by atoms with Gasteiger partial charge in [0.2, 0.25) is 0 Å². The van der Waals surface area contributed by atoms with Crippen LogP contribution in [0.4, 0.5) is 0 Å². The van der Waals surface area contributed by atoms with E-state index in [1.165, 1.54) is 70.9 Å². The number of hydrogen-bond acceptors (Lipinski definition) is 8. The third-order valence-electron chi connectivity index (χ3n) is 11.2. The summed E-state index contributed by atoms with van der Waals surface area (Å²) in [6.45, 7) is 31.8. The number of hydrogen-bond donors (Lipinski definition) is 0. The van der Waals surface area contributed by atoms with Crippen molar-refractivity contribution in [1.82, 2.24) is 14.8 Å². The topological polar surface area (TPSA) is 65.5 Å². The van der Waals surface area contributed by atoms with E-state index >= 15 is 0 Å². The molecule has 8 nitrogen and oxygen atoms in total. The van der Waals surface area contributed by atoms with E-state index in [4.69, 9.17) is 23.7 Å². The van der Waals surface area contributed by atoms with Crippen molar-refractivity contribution in [3.05, 3.63) is 24.0 Å². The van der Waals surface area contributed by atoms with Crippen LogP contribution in [0, 0.1) is 5.92 Å². The van der Waals surface area contributed by atoms with E-state index in [-0.39, 0.29) is 22.3 Å². The molecule has 2 aliphatic rings. The monoisotopic (exact) mass is 746 g/mol. The molecule has 2 fully saturated rings. The van der Waals surface area contributed by atoms with Crippen LogP contribution in [0.25, 0.3) is 0 Å². The molecule has 0 amide bonds. The molecule has 3 rings (SSSR count). The van der Waals surface area contributed by atoms with Gasteiger partial charge in [-0.3, -0.25) is 14.8 Å². The first-order chi connectivity index (χ1) is 25.0. The maximum Gasteiger partial charge on any atom is 0.137 e. The third kappa shape index (κ3) is 19.9. The first-order valence-electron chi connectivity index (χ1n) is 21.6. The second-order valence-electron chi connectivity index (χ2n) is 19.2. The van der Waals surface area contributed by atoms with Crippen molar-refractivity contribution >= 4 is 0 Å². The number of pyridine rings is 1. The van der Waals surface area contributed by atoms with Crippen molar-refractivity contribution in [2.45, 2.75) is 188 Å². The van der Waals surface area contributed by atoms with Gasteiger partial charge in [-0.05, 0) is 165 Å². The van der Waals surface area contributed by atoms with Crippen LogP contribution >= 0.6 is 0 Å². The Morgan fingerprint density at radius 1 is 0.623 bits per heavy atom. The summed E-state index contributed by atoms with van der Waals surface area (Å²) >= 11 is 0. The van der Waals surface area contributed by atoms with Gasteiger partial charge in [-0.1, -0.05) is 19.3 Å². The lowest BCUT2D eigenvalue weighted by Crippen LogP contribution is -2.61. The van der Waals surface area contributed by atoms with Crippen molar-refractivity contribution in [2.75, 3.05) is 65.8 Å². The molecule has 0 aliphatic carbocycles. The van der Waals surface area contributed by atoms with E-state index in [1.54, 1.807) is 0 Å². The molecule has 0 atom stereocenters. The summed E-state index contributed by atoms with van der Waals surface area (Å²) in [4.78, 5) is 10.0. The number of likely N-dealkylation sites (tertiary alicyclic amines) is 2. The Balaban J connectivity index is 1.17. The third-order valence-corrected chi connectivity index (χ3v) is 11.2. The molecule has 308 valence electrons. The number of unbranched alkanes of at least 4 members (excludes halogenated alkanes) is 4. The Bertz CT molecular complexity index is 1080. The molecule has 0 unspecified atom stereocenters. The normalized spacial score (nSPS) is 17.4. The molecular formula is C45H83N3O5. The zero-order valence-electron chi connectivity index (χ0n) is 36.2. The molecule has 3 heterocycles. The van der Waals surface area contributed by atoms with E-state index in [1.807, 2.05) is 12.3 Å². The molecule has 0 N–H and O–H groups in total. The van der Waals surface area contributed by atoms with Crippen LogP contribution < -0.4 is 4.74 Å². The Hall–Kier alpha value is -1.29. The quantitative estimate of drug-likeness (QED) is 0.0825. The summed E-state index contributed by atoms with van der Waals surface area (Å²) in [7, 11) is 0. The summed E-state index contributed by atoms with van der Waals surface area (Å²) in [5, 5.41) is 0. The van der Waals surface area contributed by atoms with Gasteiger partial charge in [-0.25, -0.2) is 0 Å². The van der Waals surface area contributed by atoms with Crippen LogP contribution in [0.3, 0.4) is 0 Å². The van der Waals surface area contributed by atoms with Gasteiger partial charge in [0.05, 0.1) is 36.7 Å². The smallest absolute Gasteiger partial charge is 0.137 e. The van der Waals surface area contributed by atoms with Gasteiger partial charge in [0.1, 0.15) is 5.75 Å². The fraction of sp³-hybridized carbons (Fsp3) is 0.889. The Morgan fingerprint density at radius 2 is 1.21 bits per heavy atom. The van der Waals surface area contributed by atoms with Crippen molar-refractivity contribution < 1.29 is 23.7 Å². The van der Waals surface area contributed by atoms with E-state index in [0.29, 0.717) is 19.3 Å². The van der Waals surface area contributed by atoms with Crippen LogP contribution in [0.5, 0.6) is 5.75 Å². The van der Waals surface area contributed by atoms with Gasteiger partial charge in [0.15, 0.2) is 0 Å². The number of aryl methyl sites for hydroxylation is 1. The van der Waals surface area contributed by atoms with E-state index in [2.05, 4.69) is 90.1 Å². The van der Waals surface area contributed by atoms with Crippen LogP contribution in [-0.2, 0) is 25.4 Å². The summed E-state index contributed by atoms with van der Waals surface area (Å²) in [5.41, 5.74) is 1.43. The standard InChI is InChI=1S/C45H83N3O5/c1-42(2,3)52-33-16-12-15-30-49-29-14-11-13-19-38-23-27-47(28-24-38)44(7,8)25-26-45(9,10)48-36-41(37-48)51-31-17-20-39-21-22-40(35-46-39)50-32-18-34-53-43(4,5)6/h21-22,35,38,41H,11-20,23-34,36-37H2,1-10H3. The van der Waals surface area contributed by atoms with Crippen LogP contribution in [0.15, 0.2) is 18.3 Å². The van der Waals surface area contributed by atoms with Crippen LogP contribution in [0.1, 0.15) is 158 Å². The molecule has 1 aromatic rings. The van der Waals surface area contributed by atoms with Crippen molar-refractivity contribution in [1.29, 1.82) is 0 Å². The molecule has 2 saturated heterocycles. The lowest BCUT2D eigenvalue weighted by molar-refractivity contribution is -0.0979. The number of nitrogens with zero attached hydrogens (tertiary/aromatic N) is 3. The zero-order chi connectivity index (χ0) is 38.8. The second kappa shape index (κ2) is 23.1. The van der Waals surface area contributed by atoms with Crippen molar-refractivity contribution in [3.8, 4) is 5.75 Å². The highest BCUT2D eigenvalue weighted by molar-refractivity contribution is 5.19. The van der Waals surface area contributed by atoms with Crippen molar-refractivity contribution in [2.24, 2.45) is 5.92 Å². The first kappa shape index (κ1) is 46.1. The minimum atomic E-state index is -0.0998. The minimum absolute atomic E-state index is 0.0206. The molecule has 0 aromatic carbocycles. The lowest BCUT2D eigenvalue weighted by Gasteiger charge is -2.51. The van der Waals surface area contributed by atoms with Crippen LogP contribution in [-0.4, -0.2) is 109 Å². The van der Waals surface area contributed by atoms with E-state index < -0.39 is 0 Å². The van der Waals surface area contributed by atoms with E-state index in [0.717, 1.165) is 89.0 Å². The van der Waals surface area contributed by atoms with Crippen molar-refractivity contribution in [3.63, 3.8) is 0 Å². The number of piperidine rings is 1. The highest BCUT2D eigenvalue weighted by Crippen LogP contribution is 2.34. The van der Waals surface area contributed by atoms with Gasteiger partial charge < -0.3 is 23.7 Å². The second-order valence-corrected chi connectivity index (χ2v) is 19.2. The largest absolute Gasteiger partial charge is 0.492 e. The van der Waals surface area contributed by atoms with Gasteiger partial charge in [0.25, 0.3) is 0 Å².